The van der Waals surface area contributed by atoms with E-state index >= 15 is 0 Å². The summed E-state index contributed by atoms with van der Waals surface area (Å²) >= 11 is 0. The van der Waals surface area contributed by atoms with Gasteiger partial charge in [-0.25, -0.2) is 0 Å². The molecule has 5 nitrogen and oxygen atoms in total. The molecule has 1 aliphatic heterocycles. The highest BCUT2D eigenvalue weighted by molar-refractivity contribution is 6.01. The van der Waals surface area contributed by atoms with Gasteiger partial charge in [-0.1, -0.05) is 72.3 Å². The second kappa shape index (κ2) is 9.10. The minimum atomic E-state index is -1.17. The predicted molar refractivity (Wildman–Crippen MR) is 125 cm³/mol. The molecular weight excluding hydrogens is 402 g/mol. The molecule has 4 rings (SSSR count). The average Bonchev–Trinajstić information content (AvgIpc) is 2.84. The summed E-state index contributed by atoms with van der Waals surface area (Å²) in [4.78, 5) is 27.9. The molecule has 1 aliphatic rings. The first-order valence-electron chi connectivity index (χ1n) is 10.4. The second-order valence-electron chi connectivity index (χ2n) is 7.70. The minimum absolute atomic E-state index is 0.636. The Balaban J connectivity index is 2.01. The van der Waals surface area contributed by atoms with Crippen LogP contribution in [0.2, 0.25) is 0 Å². The molecule has 1 heterocycles. The highest BCUT2D eigenvalue weighted by Crippen LogP contribution is 2.45. The van der Waals surface area contributed by atoms with Crippen molar-refractivity contribution in [3.63, 3.8) is 0 Å². The van der Waals surface area contributed by atoms with Gasteiger partial charge in [-0.2, -0.15) is 0 Å². The van der Waals surface area contributed by atoms with Crippen molar-refractivity contribution in [2.24, 2.45) is 5.92 Å². The number of methoxy groups -OCH3 is 2. The highest BCUT2D eigenvalue weighted by atomic mass is 16.5. The topological polar surface area (TPSA) is 55.8 Å². The Hall–Kier alpha value is -3.86. The molecule has 0 bridgehead atoms. The number of fused-ring (bicyclic) bond motifs is 1. The first kappa shape index (κ1) is 21.4. The van der Waals surface area contributed by atoms with E-state index in [0.717, 1.165) is 33.6 Å². The summed E-state index contributed by atoms with van der Waals surface area (Å²) in [5.41, 5.74) is 5.64. The van der Waals surface area contributed by atoms with Crippen LogP contribution >= 0.6 is 0 Å². The molecule has 0 aromatic heterocycles. The third-order valence-electron chi connectivity index (χ3n) is 5.75. The summed E-state index contributed by atoms with van der Waals surface area (Å²) in [6.07, 6.45) is 2.09. The molecule has 0 amide bonds. The Kier molecular flexibility index (Phi) is 6.08. The van der Waals surface area contributed by atoms with E-state index in [9.17, 15) is 9.59 Å². The van der Waals surface area contributed by atoms with E-state index in [4.69, 9.17) is 9.47 Å². The number of carbonyl (C=O) groups is 2. The van der Waals surface area contributed by atoms with Gasteiger partial charge in [0.2, 0.25) is 0 Å². The largest absolute Gasteiger partial charge is 0.468 e. The quantitative estimate of drug-likeness (QED) is 0.423. The van der Waals surface area contributed by atoms with Gasteiger partial charge in [0, 0.05) is 11.4 Å². The van der Waals surface area contributed by atoms with E-state index in [1.54, 1.807) is 0 Å². The van der Waals surface area contributed by atoms with Gasteiger partial charge < -0.3 is 14.4 Å². The van der Waals surface area contributed by atoms with Gasteiger partial charge in [-0.3, -0.25) is 9.59 Å². The first-order chi connectivity index (χ1) is 15.5. The molecule has 0 radical (unpaired) electrons. The number of aryl methyl sites for hydroxylation is 1. The number of hydrogen-bond donors (Lipinski definition) is 0. The van der Waals surface area contributed by atoms with Crippen LogP contribution in [-0.2, 0) is 19.1 Å². The Morgan fingerprint density at radius 2 is 1.41 bits per heavy atom. The van der Waals surface area contributed by atoms with Crippen LogP contribution in [0.25, 0.3) is 11.8 Å². The predicted octanol–water partition coefficient (Wildman–Crippen LogP) is 5.02. The fourth-order valence-electron chi connectivity index (χ4n) is 4.19. The van der Waals surface area contributed by atoms with Crippen LogP contribution in [0.5, 0.6) is 0 Å². The van der Waals surface area contributed by atoms with E-state index in [2.05, 4.69) is 6.08 Å². The molecule has 3 aromatic carbocycles. The molecule has 5 heteroatoms. The Bertz CT molecular complexity index is 1140. The normalized spacial score (nSPS) is 15.1. The highest BCUT2D eigenvalue weighted by Gasteiger charge is 2.45. The zero-order valence-corrected chi connectivity index (χ0v) is 18.3. The van der Waals surface area contributed by atoms with Crippen LogP contribution in [0, 0.1) is 12.8 Å². The molecule has 3 aromatic rings. The van der Waals surface area contributed by atoms with E-state index in [-0.39, 0.29) is 0 Å². The van der Waals surface area contributed by atoms with E-state index in [1.165, 1.54) is 14.2 Å². The monoisotopic (exact) mass is 427 g/mol. The fraction of sp³-hybridized carbons (Fsp3) is 0.185. The Morgan fingerprint density at radius 1 is 0.812 bits per heavy atom. The molecule has 0 aliphatic carbocycles. The third kappa shape index (κ3) is 3.89. The van der Waals surface area contributed by atoms with Crippen molar-refractivity contribution in [3.8, 4) is 0 Å². The molecule has 1 atom stereocenters. The number of nitrogens with zero attached hydrogens (tertiary/aromatic N) is 1. The summed E-state index contributed by atoms with van der Waals surface area (Å²) in [7, 11) is 2.58. The van der Waals surface area contributed by atoms with Crippen LogP contribution in [0.15, 0.2) is 78.9 Å². The Labute approximate surface area is 187 Å². The van der Waals surface area contributed by atoms with Crippen LogP contribution in [0.1, 0.15) is 28.3 Å². The van der Waals surface area contributed by atoms with Gasteiger partial charge in [-0.05, 0) is 41.8 Å². The summed E-state index contributed by atoms with van der Waals surface area (Å²) in [6.45, 7) is 2.02. The van der Waals surface area contributed by atoms with Crippen molar-refractivity contribution >= 4 is 29.4 Å². The molecule has 0 N–H and O–H groups in total. The van der Waals surface area contributed by atoms with Crippen LogP contribution < -0.4 is 4.90 Å². The molecule has 0 fully saturated rings. The van der Waals surface area contributed by atoms with Crippen molar-refractivity contribution in [2.75, 3.05) is 19.1 Å². The number of carbonyl (C=O) groups excluding carboxylic acids is 2. The SMILES string of the molecule is COC(=O)C(C(=O)OC)C1c2ccccc2C=C(c2ccccc2)N1c1ccc(C)cc1. The molecule has 0 spiro atoms. The summed E-state index contributed by atoms with van der Waals surface area (Å²) in [6, 6.07) is 25.1. The summed E-state index contributed by atoms with van der Waals surface area (Å²) in [5.74, 6) is -2.44. The van der Waals surface area contributed by atoms with Crippen molar-refractivity contribution in [2.45, 2.75) is 13.0 Å². The van der Waals surface area contributed by atoms with E-state index < -0.39 is 23.9 Å². The maximum Gasteiger partial charge on any atom is 0.322 e. The van der Waals surface area contributed by atoms with Gasteiger partial charge >= 0.3 is 11.9 Å². The van der Waals surface area contributed by atoms with Crippen LogP contribution in [0.3, 0.4) is 0 Å². The van der Waals surface area contributed by atoms with Crippen molar-refractivity contribution in [3.05, 3.63) is 101 Å². The van der Waals surface area contributed by atoms with Crippen molar-refractivity contribution < 1.29 is 19.1 Å². The smallest absolute Gasteiger partial charge is 0.322 e. The van der Waals surface area contributed by atoms with Crippen LogP contribution in [0.4, 0.5) is 5.69 Å². The molecule has 1 unspecified atom stereocenters. The maximum atomic E-state index is 12.9. The van der Waals surface area contributed by atoms with Gasteiger partial charge in [0.1, 0.15) is 0 Å². The van der Waals surface area contributed by atoms with Gasteiger partial charge in [0.05, 0.1) is 20.3 Å². The zero-order valence-electron chi connectivity index (χ0n) is 18.3. The number of hydrogen-bond acceptors (Lipinski definition) is 5. The molecule has 0 saturated heterocycles. The number of ether oxygens (including phenoxy) is 2. The van der Waals surface area contributed by atoms with Crippen LogP contribution in [-0.4, -0.2) is 26.2 Å². The number of rotatable bonds is 5. The molecular formula is C27H25NO4. The lowest BCUT2D eigenvalue weighted by atomic mass is 9.83. The molecule has 162 valence electrons. The van der Waals surface area contributed by atoms with Gasteiger partial charge in [0.15, 0.2) is 5.92 Å². The lowest BCUT2D eigenvalue weighted by Crippen LogP contribution is -2.43. The first-order valence-corrected chi connectivity index (χ1v) is 10.4. The minimum Gasteiger partial charge on any atom is -0.468 e. The number of anilines is 1. The Morgan fingerprint density at radius 3 is 2.03 bits per heavy atom. The lowest BCUT2D eigenvalue weighted by Gasteiger charge is -2.41. The van der Waals surface area contributed by atoms with Gasteiger partial charge in [-0.15, -0.1) is 0 Å². The third-order valence-corrected chi connectivity index (χ3v) is 5.75. The summed E-state index contributed by atoms with van der Waals surface area (Å²) < 4.78 is 10.1. The lowest BCUT2D eigenvalue weighted by molar-refractivity contribution is -0.159. The fourth-order valence-corrected chi connectivity index (χ4v) is 4.19. The summed E-state index contributed by atoms with van der Waals surface area (Å²) in [5, 5.41) is 0. The average molecular weight is 428 g/mol. The molecule has 32 heavy (non-hydrogen) atoms. The van der Waals surface area contributed by atoms with Gasteiger partial charge in [0.25, 0.3) is 0 Å². The number of esters is 2. The van der Waals surface area contributed by atoms with E-state index in [0.29, 0.717) is 0 Å². The van der Waals surface area contributed by atoms with E-state index in [1.807, 2.05) is 90.7 Å². The standard InChI is InChI=1S/C27H25NO4/c1-18-13-15-21(16-14-18)28-23(19-9-5-4-6-10-19)17-20-11-7-8-12-22(20)25(28)24(26(29)31-2)27(30)32-3/h4-17,24-25H,1-3H3. The van der Waals surface area contributed by atoms with Crippen molar-refractivity contribution in [1.29, 1.82) is 0 Å². The van der Waals surface area contributed by atoms with Crippen molar-refractivity contribution in [1.82, 2.24) is 0 Å². The molecule has 0 saturated carbocycles. The maximum absolute atomic E-state index is 12.9. The number of benzene rings is 3. The zero-order chi connectivity index (χ0) is 22.7. The second-order valence-corrected chi connectivity index (χ2v) is 7.70.